The highest BCUT2D eigenvalue weighted by atomic mass is 16.5. The first kappa shape index (κ1) is 22.4. The Hall–Kier alpha value is -3.28. The Kier molecular flexibility index (Phi) is 6.68. The molecule has 1 aliphatic rings. The van der Waals surface area contributed by atoms with Crippen LogP contribution >= 0.6 is 0 Å². The van der Waals surface area contributed by atoms with Gasteiger partial charge in [-0.2, -0.15) is 0 Å². The van der Waals surface area contributed by atoms with E-state index in [4.69, 9.17) is 9.47 Å². The molecule has 0 bridgehead atoms. The van der Waals surface area contributed by atoms with Gasteiger partial charge in [0.05, 0.1) is 30.9 Å². The van der Waals surface area contributed by atoms with Crippen LogP contribution in [-0.2, 0) is 9.59 Å². The van der Waals surface area contributed by atoms with Crippen LogP contribution in [0.2, 0.25) is 0 Å². The quantitative estimate of drug-likeness (QED) is 0.402. The predicted octanol–water partition coefficient (Wildman–Crippen LogP) is 4.54. The van der Waals surface area contributed by atoms with Crippen molar-refractivity contribution in [3.05, 3.63) is 64.2 Å². The minimum atomic E-state index is -0.689. The first-order valence-electron chi connectivity index (χ1n) is 10.5. The number of carbonyl (C=O) groups is 2. The summed E-state index contributed by atoms with van der Waals surface area (Å²) < 4.78 is 11.0. The molecule has 0 radical (unpaired) electrons. The summed E-state index contributed by atoms with van der Waals surface area (Å²) in [4.78, 5) is 27.4. The molecule has 1 heterocycles. The Balaban J connectivity index is 2.22. The van der Waals surface area contributed by atoms with Crippen LogP contribution in [0.3, 0.4) is 0 Å². The zero-order chi connectivity index (χ0) is 22.7. The Morgan fingerprint density at radius 2 is 1.77 bits per heavy atom. The molecule has 1 atom stereocenters. The number of methoxy groups -OCH3 is 1. The number of ketones is 1. The maximum absolute atomic E-state index is 13.1. The molecule has 1 fully saturated rings. The number of hydrogen-bond acceptors (Lipinski definition) is 5. The van der Waals surface area contributed by atoms with Gasteiger partial charge in [0, 0.05) is 6.54 Å². The molecule has 1 N–H and O–H groups in total. The first-order valence-corrected chi connectivity index (χ1v) is 10.5. The molecular weight excluding hydrogens is 394 g/mol. The Morgan fingerprint density at radius 3 is 2.35 bits per heavy atom. The number of aryl methyl sites for hydroxylation is 2. The van der Waals surface area contributed by atoms with Gasteiger partial charge in [-0.1, -0.05) is 25.1 Å². The van der Waals surface area contributed by atoms with Crippen molar-refractivity contribution in [2.45, 2.75) is 40.2 Å². The van der Waals surface area contributed by atoms with Gasteiger partial charge in [0.1, 0.15) is 17.3 Å². The van der Waals surface area contributed by atoms with Crippen molar-refractivity contribution in [1.82, 2.24) is 4.90 Å². The number of hydrogen-bond donors (Lipinski definition) is 1. The third kappa shape index (κ3) is 4.15. The van der Waals surface area contributed by atoms with Crippen molar-refractivity contribution in [3.63, 3.8) is 0 Å². The standard InChI is InChI=1S/C25H29NO5/c1-6-12-26-21(17-8-10-18(11-9-17)31-7-2)20(23(28)25(26)29)22(27)19-14-15(3)13-16(4)24(19)30-5/h8-11,13-14,21,27H,6-7,12H2,1-5H3/b22-20+. The van der Waals surface area contributed by atoms with E-state index in [-0.39, 0.29) is 11.3 Å². The monoisotopic (exact) mass is 423 g/mol. The number of nitrogens with zero attached hydrogens (tertiary/aromatic N) is 1. The fourth-order valence-corrected chi connectivity index (χ4v) is 4.16. The summed E-state index contributed by atoms with van der Waals surface area (Å²) in [5.41, 5.74) is 2.97. The van der Waals surface area contributed by atoms with Crippen LogP contribution in [0, 0.1) is 13.8 Å². The van der Waals surface area contributed by atoms with Crippen molar-refractivity contribution in [1.29, 1.82) is 0 Å². The summed E-state index contributed by atoms with van der Waals surface area (Å²) in [6, 6.07) is 10.3. The van der Waals surface area contributed by atoms with Crippen molar-refractivity contribution in [2.24, 2.45) is 0 Å². The molecule has 6 heteroatoms. The predicted molar refractivity (Wildman–Crippen MR) is 119 cm³/mol. The summed E-state index contributed by atoms with van der Waals surface area (Å²) in [5, 5.41) is 11.3. The molecule has 1 unspecified atom stereocenters. The molecule has 2 aromatic carbocycles. The van der Waals surface area contributed by atoms with Crippen LogP contribution in [0.1, 0.15) is 48.6 Å². The SMILES string of the molecule is CCCN1C(=O)C(=O)/C(=C(/O)c2cc(C)cc(C)c2OC)C1c1ccc(OCC)cc1. The van der Waals surface area contributed by atoms with E-state index in [9.17, 15) is 14.7 Å². The third-order valence-corrected chi connectivity index (χ3v) is 5.39. The number of benzene rings is 2. The second kappa shape index (κ2) is 9.25. The van der Waals surface area contributed by atoms with Gasteiger partial charge in [-0.25, -0.2) is 0 Å². The van der Waals surface area contributed by atoms with Crippen molar-refractivity contribution in [2.75, 3.05) is 20.3 Å². The van der Waals surface area contributed by atoms with Gasteiger partial charge in [0.2, 0.25) is 0 Å². The minimum absolute atomic E-state index is 0.0749. The highest BCUT2D eigenvalue weighted by Crippen LogP contribution is 2.42. The number of amides is 1. The van der Waals surface area contributed by atoms with Crippen molar-refractivity contribution >= 4 is 17.4 Å². The molecule has 1 amide bonds. The summed E-state index contributed by atoms with van der Waals surface area (Å²) in [6.07, 6.45) is 0.688. The van der Waals surface area contributed by atoms with Gasteiger partial charge < -0.3 is 19.5 Å². The van der Waals surface area contributed by atoms with E-state index in [1.165, 1.54) is 12.0 Å². The highest BCUT2D eigenvalue weighted by molar-refractivity contribution is 6.46. The summed E-state index contributed by atoms with van der Waals surface area (Å²) in [5.74, 6) is -0.332. The van der Waals surface area contributed by atoms with Gasteiger partial charge in [-0.3, -0.25) is 9.59 Å². The summed E-state index contributed by atoms with van der Waals surface area (Å²) in [6.45, 7) is 8.58. The maximum Gasteiger partial charge on any atom is 0.295 e. The molecule has 164 valence electrons. The smallest absolute Gasteiger partial charge is 0.295 e. The topological polar surface area (TPSA) is 76.1 Å². The lowest BCUT2D eigenvalue weighted by molar-refractivity contribution is -0.139. The molecule has 2 aromatic rings. The van der Waals surface area contributed by atoms with Gasteiger partial charge in [0.15, 0.2) is 0 Å². The molecule has 3 rings (SSSR count). The van der Waals surface area contributed by atoms with E-state index in [0.29, 0.717) is 36.6 Å². The second-order valence-electron chi connectivity index (χ2n) is 7.66. The summed E-state index contributed by atoms with van der Waals surface area (Å²) >= 11 is 0. The lowest BCUT2D eigenvalue weighted by Crippen LogP contribution is -2.30. The fourth-order valence-electron chi connectivity index (χ4n) is 4.16. The van der Waals surface area contributed by atoms with Gasteiger partial charge in [-0.15, -0.1) is 0 Å². The maximum atomic E-state index is 13.1. The largest absolute Gasteiger partial charge is 0.507 e. The van der Waals surface area contributed by atoms with E-state index in [1.807, 2.05) is 58.0 Å². The lowest BCUT2D eigenvalue weighted by Gasteiger charge is -2.25. The molecule has 0 saturated carbocycles. The molecule has 0 spiro atoms. The van der Waals surface area contributed by atoms with E-state index in [2.05, 4.69) is 0 Å². The van der Waals surface area contributed by atoms with Gasteiger partial charge in [-0.05, 0) is 62.1 Å². The van der Waals surface area contributed by atoms with Crippen LogP contribution in [-0.4, -0.2) is 42.0 Å². The number of carbonyl (C=O) groups excluding carboxylic acids is 2. The van der Waals surface area contributed by atoms with Crippen LogP contribution in [0.4, 0.5) is 0 Å². The molecular formula is C25H29NO5. The Bertz CT molecular complexity index is 1020. The average molecular weight is 424 g/mol. The second-order valence-corrected chi connectivity index (χ2v) is 7.66. The van der Waals surface area contributed by atoms with Crippen LogP contribution in [0.5, 0.6) is 11.5 Å². The van der Waals surface area contributed by atoms with Crippen LogP contribution in [0.25, 0.3) is 5.76 Å². The Labute approximate surface area is 183 Å². The molecule has 1 saturated heterocycles. The Morgan fingerprint density at radius 1 is 1.10 bits per heavy atom. The molecule has 0 aliphatic carbocycles. The molecule has 0 aromatic heterocycles. The molecule has 6 nitrogen and oxygen atoms in total. The number of ether oxygens (including phenoxy) is 2. The molecule has 31 heavy (non-hydrogen) atoms. The first-order chi connectivity index (χ1) is 14.8. The van der Waals surface area contributed by atoms with Crippen molar-refractivity contribution in [3.8, 4) is 11.5 Å². The van der Waals surface area contributed by atoms with E-state index in [1.54, 1.807) is 6.07 Å². The fraction of sp³-hybridized carbons (Fsp3) is 0.360. The molecule has 1 aliphatic heterocycles. The van der Waals surface area contributed by atoms with Crippen molar-refractivity contribution < 1.29 is 24.2 Å². The zero-order valence-corrected chi connectivity index (χ0v) is 18.7. The summed E-state index contributed by atoms with van der Waals surface area (Å²) in [7, 11) is 1.52. The van der Waals surface area contributed by atoms with E-state index >= 15 is 0 Å². The lowest BCUT2D eigenvalue weighted by atomic mass is 9.93. The number of aliphatic hydroxyl groups is 1. The zero-order valence-electron chi connectivity index (χ0n) is 18.7. The number of likely N-dealkylation sites (tertiary alicyclic amines) is 1. The highest BCUT2D eigenvalue weighted by Gasteiger charge is 2.46. The van der Waals surface area contributed by atoms with Crippen LogP contribution < -0.4 is 9.47 Å². The normalized spacial score (nSPS) is 17.8. The van der Waals surface area contributed by atoms with Gasteiger partial charge >= 0.3 is 0 Å². The number of Topliss-reactive ketones (excluding diaryl/α,β-unsaturated/α-hetero) is 1. The number of aliphatic hydroxyl groups excluding tert-OH is 1. The van der Waals surface area contributed by atoms with E-state index < -0.39 is 17.7 Å². The third-order valence-electron chi connectivity index (χ3n) is 5.39. The minimum Gasteiger partial charge on any atom is -0.507 e. The van der Waals surface area contributed by atoms with Gasteiger partial charge in [0.25, 0.3) is 11.7 Å². The van der Waals surface area contributed by atoms with E-state index in [0.717, 1.165) is 16.7 Å². The average Bonchev–Trinajstić information content (AvgIpc) is 2.99. The van der Waals surface area contributed by atoms with Crippen LogP contribution in [0.15, 0.2) is 42.0 Å². The number of rotatable bonds is 7.